The lowest BCUT2D eigenvalue weighted by Crippen LogP contribution is -2.34. The first-order valence-electron chi connectivity index (χ1n) is 7.50. The van der Waals surface area contributed by atoms with Gasteiger partial charge >= 0.3 is 0 Å². The Balaban J connectivity index is 1.62. The third-order valence-corrected chi connectivity index (χ3v) is 4.15. The molecular weight excluding hydrogens is 248 g/mol. The maximum absolute atomic E-state index is 4.57. The van der Waals surface area contributed by atoms with Gasteiger partial charge in [0.15, 0.2) is 0 Å². The van der Waals surface area contributed by atoms with E-state index in [1.807, 2.05) is 12.4 Å². The van der Waals surface area contributed by atoms with Crippen LogP contribution in [-0.4, -0.2) is 33.2 Å². The lowest BCUT2D eigenvalue weighted by Gasteiger charge is -2.31. The maximum atomic E-state index is 4.57. The summed E-state index contributed by atoms with van der Waals surface area (Å²) in [6, 6.07) is 6.46. The molecule has 1 aliphatic rings. The summed E-state index contributed by atoms with van der Waals surface area (Å²) in [5, 5.41) is 7.18. The standard InChI is InChI=1S/C16H22N4/c1-2-13-5-6-15(17-10-13)12-20-9-3-4-14(11-20)16-7-8-18-19-16/h5-8,10,14H,2-4,9,11-12H2,1H3,(H,18,19). The van der Waals surface area contributed by atoms with Gasteiger partial charge in [0.25, 0.3) is 0 Å². The van der Waals surface area contributed by atoms with Crippen LogP contribution in [-0.2, 0) is 13.0 Å². The van der Waals surface area contributed by atoms with Gasteiger partial charge in [-0.3, -0.25) is 15.0 Å². The number of nitrogens with zero attached hydrogens (tertiary/aromatic N) is 3. The minimum absolute atomic E-state index is 0.584. The molecule has 3 rings (SSSR count). The summed E-state index contributed by atoms with van der Waals surface area (Å²) in [4.78, 5) is 7.07. The molecule has 3 heterocycles. The van der Waals surface area contributed by atoms with Crippen LogP contribution in [0.15, 0.2) is 30.6 Å². The van der Waals surface area contributed by atoms with Gasteiger partial charge in [0.1, 0.15) is 0 Å². The highest BCUT2D eigenvalue weighted by atomic mass is 15.2. The van der Waals surface area contributed by atoms with Crippen LogP contribution in [0.3, 0.4) is 0 Å². The first kappa shape index (κ1) is 13.3. The Bertz CT molecular complexity index is 518. The number of piperidine rings is 1. The van der Waals surface area contributed by atoms with Crippen molar-refractivity contribution in [2.24, 2.45) is 0 Å². The van der Waals surface area contributed by atoms with Crippen LogP contribution in [0.1, 0.15) is 42.6 Å². The molecule has 0 radical (unpaired) electrons. The molecule has 4 nitrogen and oxygen atoms in total. The average Bonchev–Trinajstić information content (AvgIpc) is 3.03. The maximum Gasteiger partial charge on any atom is 0.0544 e. The van der Waals surface area contributed by atoms with Crippen molar-refractivity contribution >= 4 is 0 Å². The Hall–Kier alpha value is -1.68. The SMILES string of the molecule is CCc1ccc(CN2CCCC(c3ccn[nH]3)C2)nc1. The van der Waals surface area contributed by atoms with E-state index in [-0.39, 0.29) is 0 Å². The van der Waals surface area contributed by atoms with Crippen molar-refractivity contribution in [1.29, 1.82) is 0 Å². The second-order valence-electron chi connectivity index (χ2n) is 5.60. The van der Waals surface area contributed by atoms with Crippen LogP contribution in [0, 0.1) is 0 Å². The number of H-pyrrole nitrogens is 1. The molecule has 1 saturated heterocycles. The molecule has 2 aromatic rings. The van der Waals surface area contributed by atoms with Crippen molar-refractivity contribution in [1.82, 2.24) is 20.1 Å². The molecular formula is C16H22N4. The van der Waals surface area contributed by atoms with E-state index < -0.39 is 0 Å². The molecule has 1 N–H and O–H groups in total. The van der Waals surface area contributed by atoms with Gasteiger partial charge in [0.2, 0.25) is 0 Å². The third-order valence-electron chi connectivity index (χ3n) is 4.15. The zero-order chi connectivity index (χ0) is 13.8. The molecule has 0 bridgehead atoms. The van der Waals surface area contributed by atoms with Gasteiger partial charge in [-0.2, -0.15) is 5.10 Å². The Kier molecular flexibility index (Phi) is 4.11. The quantitative estimate of drug-likeness (QED) is 0.929. The summed E-state index contributed by atoms with van der Waals surface area (Å²) >= 11 is 0. The van der Waals surface area contributed by atoms with E-state index in [2.05, 4.69) is 45.2 Å². The fourth-order valence-electron chi connectivity index (χ4n) is 2.93. The van der Waals surface area contributed by atoms with Gasteiger partial charge in [0.05, 0.1) is 5.69 Å². The molecule has 0 amide bonds. The molecule has 0 spiro atoms. The monoisotopic (exact) mass is 270 g/mol. The number of rotatable bonds is 4. The molecule has 1 unspecified atom stereocenters. The Morgan fingerprint density at radius 2 is 2.30 bits per heavy atom. The molecule has 0 saturated carbocycles. The van der Waals surface area contributed by atoms with Crippen molar-refractivity contribution in [2.75, 3.05) is 13.1 Å². The molecule has 20 heavy (non-hydrogen) atoms. The van der Waals surface area contributed by atoms with E-state index in [1.54, 1.807) is 0 Å². The van der Waals surface area contributed by atoms with E-state index in [1.165, 1.54) is 36.3 Å². The van der Waals surface area contributed by atoms with Crippen LogP contribution in [0.25, 0.3) is 0 Å². The van der Waals surface area contributed by atoms with Gasteiger partial charge < -0.3 is 0 Å². The first-order valence-corrected chi connectivity index (χ1v) is 7.50. The van der Waals surface area contributed by atoms with Crippen LogP contribution in [0.2, 0.25) is 0 Å². The highest BCUT2D eigenvalue weighted by Gasteiger charge is 2.22. The van der Waals surface area contributed by atoms with Crippen LogP contribution >= 0.6 is 0 Å². The molecule has 4 heteroatoms. The second kappa shape index (κ2) is 6.18. The van der Waals surface area contributed by atoms with Gasteiger partial charge in [-0.05, 0) is 43.5 Å². The zero-order valence-electron chi connectivity index (χ0n) is 12.0. The number of nitrogens with one attached hydrogen (secondary N) is 1. The molecule has 0 aliphatic carbocycles. The van der Waals surface area contributed by atoms with E-state index in [4.69, 9.17) is 0 Å². The van der Waals surface area contributed by atoms with E-state index in [9.17, 15) is 0 Å². The number of aryl methyl sites for hydroxylation is 1. The summed E-state index contributed by atoms with van der Waals surface area (Å²) in [7, 11) is 0. The fourth-order valence-corrected chi connectivity index (χ4v) is 2.93. The Morgan fingerprint density at radius 1 is 1.35 bits per heavy atom. The minimum atomic E-state index is 0.584. The first-order chi connectivity index (χ1) is 9.85. The normalized spacial score (nSPS) is 20.1. The van der Waals surface area contributed by atoms with Crippen LogP contribution in [0.4, 0.5) is 0 Å². The number of hydrogen-bond donors (Lipinski definition) is 1. The summed E-state index contributed by atoms with van der Waals surface area (Å²) in [6.07, 6.45) is 7.40. The summed E-state index contributed by atoms with van der Waals surface area (Å²) in [6.45, 7) is 5.38. The lowest BCUT2D eigenvalue weighted by atomic mass is 9.95. The van der Waals surface area contributed by atoms with Crippen molar-refractivity contribution in [2.45, 2.75) is 38.6 Å². The molecule has 1 aliphatic heterocycles. The van der Waals surface area contributed by atoms with Crippen LogP contribution in [0.5, 0.6) is 0 Å². The molecule has 1 atom stereocenters. The topological polar surface area (TPSA) is 44.8 Å². The predicted octanol–water partition coefficient (Wildman–Crippen LogP) is 2.75. The van der Waals surface area contributed by atoms with Crippen LogP contribution < -0.4 is 0 Å². The molecule has 2 aromatic heterocycles. The number of hydrogen-bond acceptors (Lipinski definition) is 3. The summed E-state index contributed by atoms with van der Waals surface area (Å²) in [5.74, 6) is 0.584. The fraction of sp³-hybridized carbons (Fsp3) is 0.500. The molecule has 106 valence electrons. The molecule has 0 aromatic carbocycles. The van der Waals surface area contributed by atoms with Gasteiger partial charge in [-0.25, -0.2) is 0 Å². The van der Waals surface area contributed by atoms with Gasteiger partial charge in [-0.15, -0.1) is 0 Å². The summed E-state index contributed by atoms with van der Waals surface area (Å²) < 4.78 is 0. The van der Waals surface area contributed by atoms with E-state index in [0.29, 0.717) is 5.92 Å². The van der Waals surface area contributed by atoms with Crippen molar-refractivity contribution < 1.29 is 0 Å². The molecule has 1 fully saturated rings. The summed E-state index contributed by atoms with van der Waals surface area (Å²) in [5.41, 5.74) is 3.75. The largest absolute Gasteiger partial charge is 0.297 e. The van der Waals surface area contributed by atoms with Crippen molar-refractivity contribution in [3.05, 3.63) is 47.5 Å². The van der Waals surface area contributed by atoms with Crippen molar-refractivity contribution in [3.8, 4) is 0 Å². The zero-order valence-corrected chi connectivity index (χ0v) is 12.0. The number of aromatic amines is 1. The predicted molar refractivity (Wildman–Crippen MR) is 79.5 cm³/mol. The number of aromatic nitrogens is 3. The second-order valence-corrected chi connectivity index (χ2v) is 5.60. The Morgan fingerprint density at radius 3 is 3.00 bits per heavy atom. The average molecular weight is 270 g/mol. The van der Waals surface area contributed by atoms with Gasteiger partial charge in [0, 0.05) is 37.1 Å². The van der Waals surface area contributed by atoms with E-state index >= 15 is 0 Å². The third kappa shape index (κ3) is 3.07. The Labute approximate surface area is 120 Å². The van der Waals surface area contributed by atoms with E-state index in [0.717, 1.165) is 19.5 Å². The van der Waals surface area contributed by atoms with Gasteiger partial charge in [-0.1, -0.05) is 13.0 Å². The lowest BCUT2D eigenvalue weighted by molar-refractivity contribution is 0.196. The highest BCUT2D eigenvalue weighted by Crippen LogP contribution is 2.25. The number of pyridine rings is 1. The number of likely N-dealkylation sites (tertiary alicyclic amines) is 1. The smallest absolute Gasteiger partial charge is 0.0544 e. The highest BCUT2D eigenvalue weighted by molar-refractivity contribution is 5.14. The van der Waals surface area contributed by atoms with Crippen molar-refractivity contribution in [3.63, 3.8) is 0 Å². The minimum Gasteiger partial charge on any atom is -0.297 e.